The highest BCUT2D eigenvalue weighted by Gasteiger charge is 2.60. The summed E-state index contributed by atoms with van der Waals surface area (Å²) in [5.41, 5.74) is -6.35. The van der Waals surface area contributed by atoms with Gasteiger partial charge in [0.2, 0.25) is 0 Å². The Hall–Kier alpha value is -2.63. The van der Waals surface area contributed by atoms with Crippen molar-refractivity contribution in [3.63, 3.8) is 0 Å². The molecule has 0 aromatic carbocycles. The van der Waals surface area contributed by atoms with Gasteiger partial charge < -0.3 is 39.0 Å². The number of methoxy groups -OCH3 is 1. The van der Waals surface area contributed by atoms with Gasteiger partial charge in [0.05, 0.1) is 30.3 Å². The van der Waals surface area contributed by atoms with Crippen LogP contribution in [0, 0.1) is 30.1 Å². The molecule has 0 aliphatic carbocycles. The number of alkyl carbamates (subject to hydrolysis) is 1. The number of Topliss-reactive ketones (excluding diaryl/α,β-unsaturated/α-hetero) is 2. The lowest BCUT2D eigenvalue weighted by Gasteiger charge is -2.47. The molecule has 3 fully saturated rings. The van der Waals surface area contributed by atoms with Crippen LogP contribution in [0.5, 0.6) is 0 Å². The summed E-state index contributed by atoms with van der Waals surface area (Å²) in [4.78, 5) is 56.2. The first-order chi connectivity index (χ1) is 21.3. The molecule has 1 unspecified atom stereocenters. The number of hydrogen-bond acceptors (Lipinski definition) is 11. The average molecular weight is 655 g/mol. The minimum Gasteiger partial charge on any atom is -0.455 e. The Morgan fingerprint density at radius 3 is 2.30 bits per heavy atom. The zero-order valence-corrected chi connectivity index (χ0v) is 28.6. The number of carbonyl (C=O) groups is 4. The number of ketones is 2. The molecule has 3 saturated heterocycles. The van der Waals surface area contributed by atoms with Crippen LogP contribution in [0.2, 0.25) is 0 Å². The van der Waals surface area contributed by atoms with Gasteiger partial charge in [-0.3, -0.25) is 9.59 Å². The fourth-order valence-electron chi connectivity index (χ4n) is 7.40. The maximum absolute atomic E-state index is 16.9. The van der Waals surface area contributed by atoms with Crippen molar-refractivity contribution in [1.82, 2.24) is 10.2 Å². The number of fused-ring (bicyclic) bond motifs is 1. The van der Waals surface area contributed by atoms with Crippen LogP contribution in [0.3, 0.4) is 0 Å². The van der Waals surface area contributed by atoms with Gasteiger partial charge in [0, 0.05) is 30.9 Å². The Labute approximate surface area is 271 Å². The number of aliphatic hydroxyl groups is 1. The summed E-state index contributed by atoms with van der Waals surface area (Å²) in [6.07, 6.45) is -1.08. The number of nitrogens with zero attached hydrogens (tertiary/aromatic N) is 1. The zero-order valence-electron chi connectivity index (χ0n) is 28.6. The van der Waals surface area contributed by atoms with E-state index >= 15 is 4.39 Å². The summed E-state index contributed by atoms with van der Waals surface area (Å²) in [5.74, 6) is -3.93. The van der Waals surface area contributed by atoms with Crippen LogP contribution in [-0.4, -0.2) is 115 Å². The fraction of sp³-hybridized carbons (Fsp3) is 0.818. The van der Waals surface area contributed by atoms with E-state index in [0.29, 0.717) is 6.42 Å². The molecule has 0 saturated carbocycles. The molecule has 3 aliphatic heterocycles. The summed E-state index contributed by atoms with van der Waals surface area (Å²) >= 11 is 0. The molecule has 3 aliphatic rings. The number of alkyl halides is 1. The molecule has 12 nitrogen and oxygen atoms in total. The molecule has 0 bridgehead atoms. The summed E-state index contributed by atoms with van der Waals surface area (Å²) in [5, 5.41) is 13.9. The molecule has 13 atom stereocenters. The maximum atomic E-state index is 16.9. The Morgan fingerprint density at radius 1 is 1.13 bits per heavy atom. The first kappa shape index (κ1) is 37.8. The summed E-state index contributed by atoms with van der Waals surface area (Å²) < 4.78 is 46.5. The zero-order chi connectivity index (χ0) is 34.9. The molecule has 46 heavy (non-hydrogen) atoms. The quantitative estimate of drug-likeness (QED) is 0.247. The molecular weight excluding hydrogens is 603 g/mol. The van der Waals surface area contributed by atoms with Gasteiger partial charge >= 0.3 is 12.1 Å². The molecule has 0 aromatic rings. The van der Waals surface area contributed by atoms with Gasteiger partial charge in [-0.1, -0.05) is 27.7 Å². The number of rotatable bonds is 6. The Morgan fingerprint density at radius 2 is 1.76 bits per heavy atom. The first-order valence-corrected chi connectivity index (χ1v) is 15.9. The minimum absolute atomic E-state index is 0.0151. The van der Waals surface area contributed by atoms with Crippen molar-refractivity contribution in [1.29, 1.82) is 0 Å². The van der Waals surface area contributed by atoms with Crippen molar-refractivity contribution in [2.24, 2.45) is 17.8 Å². The van der Waals surface area contributed by atoms with E-state index in [2.05, 4.69) is 11.2 Å². The van der Waals surface area contributed by atoms with Crippen molar-refractivity contribution >= 4 is 23.6 Å². The number of halogens is 1. The molecule has 0 spiro atoms. The third-order valence-electron chi connectivity index (χ3n) is 10.2. The highest BCUT2D eigenvalue weighted by Crippen LogP contribution is 2.41. The van der Waals surface area contributed by atoms with E-state index < -0.39 is 89.5 Å². The number of hydrogen-bond donors (Lipinski definition) is 2. The normalized spacial score (nSPS) is 44.4. The SMILES string of the molecule is C#CCC1(F)C(=O)O[C@@H](CC)[C@@]2(C)OC(=O)N[C@@H]2[C@H](C)C(=O)[C@H](C)C[C@](C)(OC)[C@H](O[C@@H]2O[C@H](C)C[C@H](N(C)C)[C@H]2O)[C@@H](C)C1=O. The van der Waals surface area contributed by atoms with Crippen LogP contribution in [-0.2, 0) is 38.1 Å². The molecular formula is C33H51FN2O10. The van der Waals surface area contributed by atoms with Crippen LogP contribution >= 0.6 is 0 Å². The van der Waals surface area contributed by atoms with E-state index in [1.807, 2.05) is 11.8 Å². The van der Waals surface area contributed by atoms with E-state index in [9.17, 15) is 24.3 Å². The van der Waals surface area contributed by atoms with Crippen LogP contribution in [0.15, 0.2) is 0 Å². The van der Waals surface area contributed by atoms with Gasteiger partial charge in [-0.25, -0.2) is 14.0 Å². The lowest BCUT2D eigenvalue weighted by Crippen LogP contribution is -2.62. The largest absolute Gasteiger partial charge is 0.455 e. The maximum Gasteiger partial charge on any atom is 0.408 e. The monoisotopic (exact) mass is 654 g/mol. The third-order valence-corrected chi connectivity index (χ3v) is 10.2. The van der Waals surface area contributed by atoms with Crippen molar-refractivity contribution < 1.29 is 52.4 Å². The standard InChI is InChI=1S/C33H51FN2O10/c1-12-14-33(34)26(39)20(6)27(45-28-24(38)21(36(9)10)15-18(4)43-28)31(7,42-11)16-17(3)23(37)19(5)25-32(8,46-30(41)35-25)22(13-2)44-29(33)40/h1,17-22,24-25,27-28,38H,13-16H2,2-11H3,(H,35,41)/t17-,18-,19-,20+,21+,22+,24-,25-,27-,28+,31+,32-,33?/m1/s1. The number of ether oxygens (including phenoxy) is 5. The number of amides is 1. The summed E-state index contributed by atoms with van der Waals surface area (Å²) in [6.45, 7) is 11.3. The molecule has 0 aromatic heterocycles. The van der Waals surface area contributed by atoms with Crippen molar-refractivity contribution in [2.45, 2.75) is 134 Å². The van der Waals surface area contributed by atoms with E-state index in [0.717, 1.165) is 0 Å². The van der Waals surface area contributed by atoms with Gasteiger partial charge in [0.1, 0.15) is 18.0 Å². The molecule has 260 valence electrons. The Kier molecular flexibility index (Phi) is 11.7. The lowest BCUT2D eigenvalue weighted by atomic mass is 9.73. The minimum atomic E-state index is -3.32. The smallest absolute Gasteiger partial charge is 0.408 e. The van der Waals surface area contributed by atoms with Crippen molar-refractivity contribution in [2.75, 3.05) is 21.2 Å². The van der Waals surface area contributed by atoms with Crippen LogP contribution in [0.4, 0.5) is 9.18 Å². The number of esters is 1. The van der Waals surface area contributed by atoms with E-state index in [1.165, 1.54) is 21.0 Å². The number of cyclic esters (lactones) is 1. The molecule has 1 amide bonds. The average Bonchev–Trinajstić information content (AvgIpc) is 3.31. The van der Waals surface area contributed by atoms with Gasteiger partial charge in [-0.15, -0.1) is 12.3 Å². The predicted octanol–water partition coefficient (Wildman–Crippen LogP) is 2.57. The topological polar surface area (TPSA) is 150 Å². The van der Waals surface area contributed by atoms with Crippen molar-refractivity contribution in [3.8, 4) is 12.3 Å². The lowest BCUT2D eigenvalue weighted by molar-refractivity contribution is -0.295. The number of terminal acetylenes is 1. The van der Waals surface area contributed by atoms with Gasteiger partial charge in [-0.2, -0.15) is 0 Å². The predicted molar refractivity (Wildman–Crippen MR) is 164 cm³/mol. The number of carbonyl (C=O) groups excluding carboxylic acids is 4. The first-order valence-electron chi connectivity index (χ1n) is 15.9. The van der Waals surface area contributed by atoms with E-state index in [-0.39, 0.29) is 30.8 Å². The number of nitrogens with one attached hydrogen (secondary N) is 1. The molecule has 3 rings (SSSR count). The number of aliphatic hydroxyl groups excluding tert-OH is 1. The highest BCUT2D eigenvalue weighted by atomic mass is 19.1. The second-order valence-corrected chi connectivity index (χ2v) is 13.8. The molecule has 2 N–H and O–H groups in total. The van der Waals surface area contributed by atoms with Crippen LogP contribution < -0.4 is 5.32 Å². The Balaban J connectivity index is 2.20. The second kappa shape index (κ2) is 14.2. The van der Waals surface area contributed by atoms with Crippen LogP contribution in [0.25, 0.3) is 0 Å². The van der Waals surface area contributed by atoms with E-state index in [4.69, 9.17) is 30.1 Å². The number of likely N-dealkylation sites (N-methyl/N-ethyl adjacent to an activating group) is 1. The summed E-state index contributed by atoms with van der Waals surface area (Å²) in [6, 6.07) is -1.32. The van der Waals surface area contributed by atoms with Crippen molar-refractivity contribution in [3.05, 3.63) is 0 Å². The molecule has 0 radical (unpaired) electrons. The Bertz CT molecular complexity index is 1210. The van der Waals surface area contributed by atoms with Gasteiger partial charge in [-0.05, 0) is 54.1 Å². The molecule has 3 heterocycles. The summed E-state index contributed by atoms with van der Waals surface area (Å²) in [7, 11) is 4.98. The van der Waals surface area contributed by atoms with E-state index in [1.54, 1.807) is 41.8 Å². The second-order valence-electron chi connectivity index (χ2n) is 13.8. The fourth-order valence-corrected chi connectivity index (χ4v) is 7.40. The third kappa shape index (κ3) is 6.97. The van der Waals surface area contributed by atoms with Gasteiger partial charge in [0.25, 0.3) is 5.67 Å². The van der Waals surface area contributed by atoms with Crippen LogP contribution in [0.1, 0.15) is 74.1 Å². The highest BCUT2D eigenvalue weighted by molar-refractivity contribution is 6.08. The molecule has 13 heteroatoms. The van der Waals surface area contributed by atoms with Gasteiger partial charge in [0.15, 0.2) is 17.7 Å².